The number of nitrogens with two attached hydrogens (primary N) is 1. The van der Waals surface area contributed by atoms with Gasteiger partial charge in [0.1, 0.15) is 5.82 Å². The molecule has 0 saturated carbocycles. The van der Waals surface area contributed by atoms with Crippen LogP contribution in [0.15, 0.2) is 0 Å². The van der Waals surface area contributed by atoms with Gasteiger partial charge in [-0.15, -0.1) is 0 Å². The second-order valence-corrected chi connectivity index (χ2v) is 3.83. The minimum absolute atomic E-state index is 0.523. The predicted molar refractivity (Wildman–Crippen MR) is 54.7 cm³/mol. The van der Waals surface area contributed by atoms with Gasteiger partial charge in [0.15, 0.2) is 0 Å². The highest BCUT2D eigenvalue weighted by Gasteiger charge is 2.18. The maximum atomic E-state index is 5.67. The van der Waals surface area contributed by atoms with E-state index in [0.717, 1.165) is 36.7 Å². The summed E-state index contributed by atoms with van der Waals surface area (Å²) in [5.41, 5.74) is 9.14. The lowest BCUT2D eigenvalue weighted by molar-refractivity contribution is 0.305. The van der Waals surface area contributed by atoms with Crippen LogP contribution in [-0.4, -0.2) is 28.5 Å². The first kappa shape index (κ1) is 9.55. The summed E-state index contributed by atoms with van der Waals surface area (Å²) in [7, 11) is 2.11. The molecule has 1 aliphatic heterocycles. The van der Waals surface area contributed by atoms with Crippen LogP contribution < -0.4 is 5.73 Å². The Morgan fingerprint density at radius 3 is 2.93 bits per heavy atom. The van der Waals surface area contributed by atoms with Crippen LogP contribution in [0.2, 0.25) is 0 Å². The van der Waals surface area contributed by atoms with Gasteiger partial charge < -0.3 is 10.6 Å². The largest absolute Gasteiger partial charge is 0.325 e. The van der Waals surface area contributed by atoms with Crippen molar-refractivity contribution in [3.63, 3.8) is 0 Å². The van der Waals surface area contributed by atoms with Gasteiger partial charge in [-0.3, -0.25) is 0 Å². The van der Waals surface area contributed by atoms with E-state index >= 15 is 0 Å². The standard InChI is InChI=1S/C10H16N4/c1-7-12-9(5-11)8-3-4-14(2)6-10(8)13-7/h3-6,11H2,1-2H3. The van der Waals surface area contributed by atoms with Gasteiger partial charge in [0.25, 0.3) is 0 Å². The van der Waals surface area contributed by atoms with Gasteiger partial charge in [0, 0.05) is 19.6 Å². The van der Waals surface area contributed by atoms with Gasteiger partial charge in [-0.2, -0.15) is 0 Å². The van der Waals surface area contributed by atoms with Gasteiger partial charge in [-0.1, -0.05) is 0 Å². The highest BCUT2D eigenvalue weighted by molar-refractivity contribution is 5.28. The van der Waals surface area contributed by atoms with E-state index < -0.39 is 0 Å². The Kier molecular flexibility index (Phi) is 2.48. The van der Waals surface area contributed by atoms with Crippen molar-refractivity contribution in [1.82, 2.24) is 14.9 Å². The topological polar surface area (TPSA) is 55.0 Å². The van der Waals surface area contributed by atoms with Crippen molar-refractivity contribution < 1.29 is 0 Å². The summed E-state index contributed by atoms with van der Waals surface area (Å²) < 4.78 is 0. The first-order valence-electron chi connectivity index (χ1n) is 4.94. The number of likely N-dealkylation sites (N-methyl/N-ethyl adjacent to an activating group) is 1. The van der Waals surface area contributed by atoms with Crippen LogP contribution in [0.25, 0.3) is 0 Å². The van der Waals surface area contributed by atoms with Gasteiger partial charge in [-0.25, -0.2) is 9.97 Å². The van der Waals surface area contributed by atoms with Crippen molar-refractivity contribution in [1.29, 1.82) is 0 Å². The zero-order chi connectivity index (χ0) is 10.1. The van der Waals surface area contributed by atoms with Crippen LogP contribution in [0.3, 0.4) is 0 Å². The lowest BCUT2D eigenvalue weighted by atomic mass is 10.0. The van der Waals surface area contributed by atoms with Crippen molar-refractivity contribution in [3.05, 3.63) is 22.8 Å². The molecule has 4 nitrogen and oxygen atoms in total. The van der Waals surface area contributed by atoms with E-state index in [0.29, 0.717) is 6.54 Å². The quantitative estimate of drug-likeness (QED) is 0.692. The second kappa shape index (κ2) is 3.63. The lowest BCUT2D eigenvalue weighted by Crippen LogP contribution is -2.29. The highest BCUT2D eigenvalue weighted by Crippen LogP contribution is 2.18. The third-order valence-electron chi connectivity index (χ3n) is 2.65. The number of aryl methyl sites for hydroxylation is 1. The average Bonchev–Trinajstić information content (AvgIpc) is 2.15. The van der Waals surface area contributed by atoms with Crippen LogP contribution in [0.4, 0.5) is 0 Å². The Morgan fingerprint density at radius 2 is 2.21 bits per heavy atom. The maximum Gasteiger partial charge on any atom is 0.125 e. The summed E-state index contributed by atoms with van der Waals surface area (Å²) in [6, 6.07) is 0. The van der Waals surface area contributed by atoms with Crippen LogP contribution in [0.5, 0.6) is 0 Å². The molecule has 0 spiro atoms. The molecule has 2 heterocycles. The first-order valence-corrected chi connectivity index (χ1v) is 4.94. The number of nitrogens with zero attached hydrogens (tertiary/aromatic N) is 3. The molecule has 2 rings (SSSR count). The Labute approximate surface area is 84.2 Å². The molecule has 0 amide bonds. The molecule has 0 atom stereocenters. The minimum atomic E-state index is 0.523. The van der Waals surface area contributed by atoms with Crippen LogP contribution in [0.1, 0.15) is 22.8 Å². The first-order chi connectivity index (χ1) is 6.70. The molecule has 0 fully saturated rings. The van der Waals surface area contributed by atoms with E-state index in [-0.39, 0.29) is 0 Å². The monoisotopic (exact) mass is 192 g/mol. The van der Waals surface area contributed by atoms with E-state index in [1.165, 1.54) is 5.56 Å². The SMILES string of the molecule is Cc1nc(CN)c2c(n1)CN(C)CC2. The lowest BCUT2D eigenvalue weighted by Gasteiger charge is -2.25. The molecule has 2 N–H and O–H groups in total. The summed E-state index contributed by atoms with van der Waals surface area (Å²) in [4.78, 5) is 11.1. The normalized spacial score (nSPS) is 16.8. The van der Waals surface area contributed by atoms with Crippen molar-refractivity contribution in [3.8, 4) is 0 Å². The third-order valence-corrected chi connectivity index (χ3v) is 2.65. The molecule has 0 bridgehead atoms. The molecule has 0 radical (unpaired) electrons. The molecule has 76 valence electrons. The van der Waals surface area contributed by atoms with E-state index in [4.69, 9.17) is 5.73 Å². The summed E-state index contributed by atoms with van der Waals surface area (Å²) >= 11 is 0. The summed E-state index contributed by atoms with van der Waals surface area (Å²) in [6.45, 7) is 4.45. The Balaban J connectivity index is 2.46. The van der Waals surface area contributed by atoms with Gasteiger partial charge in [0.05, 0.1) is 11.4 Å². The van der Waals surface area contributed by atoms with Crippen molar-refractivity contribution >= 4 is 0 Å². The Morgan fingerprint density at radius 1 is 1.43 bits per heavy atom. The third kappa shape index (κ3) is 1.63. The number of aromatic nitrogens is 2. The summed E-state index contributed by atoms with van der Waals surface area (Å²) in [6.07, 6.45) is 1.03. The van der Waals surface area contributed by atoms with E-state index in [1.807, 2.05) is 6.92 Å². The highest BCUT2D eigenvalue weighted by atomic mass is 15.1. The van der Waals surface area contributed by atoms with Gasteiger partial charge in [0.2, 0.25) is 0 Å². The maximum absolute atomic E-state index is 5.67. The second-order valence-electron chi connectivity index (χ2n) is 3.83. The van der Waals surface area contributed by atoms with E-state index in [2.05, 4.69) is 21.9 Å². The average molecular weight is 192 g/mol. The van der Waals surface area contributed by atoms with Gasteiger partial charge >= 0.3 is 0 Å². The van der Waals surface area contributed by atoms with Crippen molar-refractivity contribution in [2.45, 2.75) is 26.4 Å². The minimum Gasteiger partial charge on any atom is -0.325 e. The van der Waals surface area contributed by atoms with E-state index in [9.17, 15) is 0 Å². The molecule has 0 saturated heterocycles. The molecule has 0 aromatic carbocycles. The number of hydrogen-bond acceptors (Lipinski definition) is 4. The predicted octanol–water partition coefficient (Wildman–Crippen LogP) is 0.232. The molecule has 0 unspecified atom stereocenters. The molecule has 4 heteroatoms. The van der Waals surface area contributed by atoms with Gasteiger partial charge in [-0.05, 0) is 26.0 Å². The van der Waals surface area contributed by atoms with Crippen LogP contribution in [0, 0.1) is 6.92 Å². The fourth-order valence-electron chi connectivity index (χ4n) is 1.94. The molecule has 0 aliphatic carbocycles. The van der Waals surface area contributed by atoms with Crippen molar-refractivity contribution in [2.75, 3.05) is 13.6 Å². The van der Waals surface area contributed by atoms with Crippen LogP contribution >= 0.6 is 0 Å². The molecule has 14 heavy (non-hydrogen) atoms. The smallest absolute Gasteiger partial charge is 0.125 e. The number of hydrogen-bond donors (Lipinski definition) is 1. The fraction of sp³-hybridized carbons (Fsp3) is 0.600. The molecular weight excluding hydrogens is 176 g/mol. The zero-order valence-electron chi connectivity index (χ0n) is 8.75. The Hall–Kier alpha value is -1.00. The Bertz CT molecular complexity index is 348. The summed E-state index contributed by atoms with van der Waals surface area (Å²) in [5, 5.41) is 0. The number of rotatable bonds is 1. The fourth-order valence-corrected chi connectivity index (χ4v) is 1.94. The molecule has 1 aromatic rings. The van der Waals surface area contributed by atoms with Crippen molar-refractivity contribution in [2.24, 2.45) is 5.73 Å². The molecule has 1 aromatic heterocycles. The van der Waals surface area contributed by atoms with E-state index in [1.54, 1.807) is 0 Å². The molecule has 1 aliphatic rings. The molecular formula is C10H16N4. The number of fused-ring (bicyclic) bond motifs is 1. The van der Waals surface area contributed by atoms with Crippen LogP contribution in [-0.2, 0) is 19.5 Å². The zero-order valence-corrected chi connectivity index (χ0v) is 8.75. The summed E-state index contributed by atoms with van der Waals surface area (Å²) in [5.74, 6) is 0.833.